The summed E-state index contributed by atoms with van der Waals surface area (Å²) in [6.45, 7) is 1.59. The van der Waals surface area contributed by atoms with Crippen molar-refractivity contribution in [1.29, 1.82) is 0 Å². The third kappa shape index (κ3) is 4.19. The number of Topliss-reactive ketones (excluding diaryl/α,β-unsaturated/α-hetero) is 1. The maximum absolute atomic E-state index is 13.1. The van der Waals surface area contributed by atoms with Gasteiger partial charge in [-0.1, -0.05) is 6.07 Å². The summed E-state index contributed by atoms with van der Waals surface area (Å²) in [7, 11) is 5.14. The zero-order chi connectivity index (χ0) is 23.7. The normalized spacial score (nSPS) is 19.3. The molecule has 4 rings (SSSR count). The van der Waals surface area contributed by atoms with E-state index in [1.165, 1.54) is 18.1 Å². The second-order valence-corrected chi connectivity index (χ2v) is 8.09. The van der Waals surface area contributed by atoms with Gasteiger partial charge in [-0.25, -0.2) is 0 Å². The number of methoxy groups -OCH3 is 1. The van der Waals surface area contributed by atoms with E-state index in [9.17, 15) is 19.8 Å². The van der Waals surface area contributed by atoms with Gasteiger partial charge in [-0.05, 0) is 50.0 Å². The molecule has 1 fully saturated rings. The molecule has 33 heavy (non-hydrogen) atoms. The number of nitrogens with zero attached hydrogens (tertiary/aromatic N) is 2. The van der Waals surface area contributed by atoms with Crippen LogP contribution in [0, 0.1) is 0 Å². The molecule has 2 aromatic rings. The molecule has 1 saturated heterocycles. The van der Waals surface area contributed by atoms with Gasteiger partial charge in [0, 0.05) is 18.7 Å². The molecular weight excluding hydrogens is 428 g/mol. The molecule has 1 amide bonds. The molecule has 9 heteroatoms. The number of carbonyl (C=O) groups is 2. The Hall–Kier alpha value is -3.72. The second-order valence-electron chi connectivity index (χ2n) is 8.09. The van der Waals surface area contributed by atoms with E-state index < -0.39 is 17.7 Å². The van der Waals surface area contributed by atoms with Crippen LogP contribution in [0.1, 0.15) is 17.2 Å². The zero-order valence-corrected chi connectivity index (χ0v) is 18.7. The number of likely N-dealkylation sites (tertiary alicyclic amines) is 1. The zero-order valence-electron chi connectivity index (χ0n) is 18.7. The van der Waals surface area contributed by atoms with Gasteiger partial charge in [-0.15, -0.1) is 0 Å². The van der Waals surface area contributed by atoms with Crippen molar-refractivity contribution in [2.75, 3.05) is 47.5 Å². The van der Waals surface area contributed by atoms with Crippen LogP contribution in [-0.2, 0) is 9.59 Å². The molecule has 9 nitrogen and oxygen atoms in total. The number of phenolic OH excluding ortho intramolecular Hbond substituents is 1. The fraction of sp³-hybridized carbons (Fsp3) is 0.333. The van der Waals surface area contributed by atoms with Crippen molar-refractivity contribution in [3.8, 4) is 23.0 Å². The van der Waals surface area contributed by atoms with E-state index >= 15 is 0 Å². The van der Waals surface area contributed by atoms with Crippen molar-refractivity contribution in [3.63, 3.8) is 0 Å². The Bertz CT molecular complexity index is 1130. The van der Waals surface area contributed by atoms with Gasteiger partial charge < -0.3 is 34.2 Å². The first-order chi connectivity index (χ1) is 15.8. The lowest BCUT2D eigenvalue weighted by atomic mass is 9.94. The number of benzene rings is 2. The highest BCUT2D eigenvalue weighted by atomic mass is 16.6. The van der Waals surface area contributed by atoms with Crippen LogP contribution >= 0.6 is 0 Å². The Kier molecular flexibility index (Phi) is 6.15. The Balaban J connectivity index is 1.85. The molecule has 0 bridgehead atoms. The van der Waals surface area contributed by atoms with Crippen LogP contribution in [0.5, 0.6) is 23.0 Å². The first kappa shape index (κ1) is 22.5. The van der Waals surface area contributed by atoms with E-state index in [4.69, 9.17) is 14.2 Å². The fourth-order valence-electron chi connectivity index (χ4n) is 3.98. The van der Waals surface area contributed by atoms with Gasteiger partial charge in [-0.2, -0.15) is 0 Å². The van der Waals surface area contributed by atoms with Crippen LogP contribution < -0.4 is 14.2 Å². The molecule has 0 aromatic heterocycles. The number of fused-ring (bicyclic) bond motifs is 1. The van der Waals surface area contributed by atoms with Crippen molar-refractivity contribution in [3.05, 3.63) is 53.1 Å². The molecule has 0 spiro atoms. The smallest absolute Gasteiger partial charge is 0.295 e. The van der Waals surface area contributed by atoms with Gasteiger partial charge in [-0.3, -0.25) is 9.59 Å². The summed E-state index contributed by atoms with van der Waals surface area (Å²) in [6, 6.07) is 8.61. The highest BCUT2D eigenvalue weighted by molar-refractivity contribution is 6.46. The molecule has 1 atom stereocenters. The molecular formula is C24H26N2O7. The Morgan fingerprint density at radius 1 is 1.12 bits per heavy atom. The van der Waals surface area contributed by atoms with Gasteiger partial charge in [0.2, 0.25) is 0 Å². The minimum Gasteiger partial charge on any atom is -0.507 e. The second kappa shape index (κ2) is 9.03. The third-order valence-corrected chi connectivity index (χ3v) is 5.66. The van der Waals surface area contributed by atoms with Crippen molar-refractivity contribution in [2.45, 2.75) is 6.04 Å². The molecule has 0 aliphatic carbocycles. The SMILES string of the molecule is COc1cc(C2C(=C(O)c3ccc4c(c3)OCCO4)C(=O)C(=O)N2CCN(C)C)ccc1O. The standard InChI is InChI=1S/C24H26N2O7/c1-25(2)8-9-26-21(14-4-6-16(27)18(12-14)31-3)20(23(29)24(26)30)22(28)15-5-7-17-19(13-15)33-11-10-32-17/h4-7,12-13,21,27-28H,8-11H2,1-3H3. The van der Waals surface area contributed by atoms with Gasteiger partial charge in [0.1, 0.15) is 19.0 Å². The minimum atomic E-state index is -0.854. The van der Waals surface area contributed by atoms with Crippen molar-refractivity contribution in [2.24, 2.45) is 0 Å². The van der Waals surface area contributed by atoms with Gasteiger partial charge in [0.25, 0.3) is 11.7 Å². The van der Waals surface area contributed by atoms with E-state index in [1.807, 2.05) is 19.0 Å². The summed E-state index contributed by atoms with van der Waals surface area (Å²) in [5.74, 6) is -0.664. The van der Waals surface area contributed by atoms with Gasteiger partial charge in [0.05, 0.1) is 18.7 Å². The third-order valence-electron chi connectivity index (χ3n) is 5.66. The average molecular weight is 454 g/mol. The minimum absolute atomic E-state index is 0.0387. The molecule has 174 valence electrons. The number of ketones is 1. The molecule has 2 N–H and O–H groups in total. The number of likely N-dealkylation sites (N-methyl/N-ethyl adjacent to an activating group) is 1. The fourth-order valence-corrected chi connectivity index (χ4v) is 3.98. The molecule has 2 aromatic carbocycles. The number of aromatic hydroxyl groups is 1. The quantitative estimate of drug-likeness (QED) is 0.388. The number of ether oxygens (including phenoxy) is 3. The summed E-state index contributed by atoms with van der Waals surface area (Å²) < 4.78 is 16.3. The maximum atomic E-state index is 13.1. The highest BCUT2D eigenvalue weighted by Gasteiger charge is 2.46. The number of phenols is 1. The van der Waals surface area contributed by atoms with Crippen LogP contribution in [0.25, 0.3) is 5.76 Å². The topological polar surface area (TPSA) is 109 Å². The Morgan fingerprint density at radius 3 is 2.55 bits per heavy atom. The Labute approximate surface area is 191 Å². The van der Waals surface area contributed by atoms with Gasteiger partial charge >= 0.3 is 0 Å². The summed E-state index contributed by atoms with van der Waals surface area (Å²) in [6.07, 6.45) is 0. The summed E-state index contributed by atoms with van der Waals surface area (Å²) >= 11 is 0. The molecule has 0 saturated carbocycles. The monoisotopic (exact) mass is 454 g/mol. The van der Waals surface area contributed by atoms with Gasteiger partial charge in [0.15, 0.2) is 23.0 Å². The Morgan fingerprint density at radius 2 is 1.85 bits per heavy atom. The number of hydrogen-bond donors (Lipinski definition) is 2. The first-order valence-electron chi connectivity index (χ1n) is 10.5. The number of hydrogen-bond acceptors (Lipinski definition) is 8. The molecule has 2 aliphatic rings. The van der Waals surface area contributed by atoms with Crippen LogP contribution in [-0.4, -0.2) is 79.2 Å². The van der Waals surface area contributed by atoms with E-state index in [0.29, 0.717) is 42.4 Å². The maximum Gasteiger partial charge on any atom is 0.295 e. The van der Waals surface area contributed by atoms with E-state index in [0.717, 1.165) is 0 Å². The lowest BCUT2D eigenvalue weighted by Gasteiger charge is -2.27. The average Bonchev–Trinajstić information content (AvgIpc) is 3.07. The highest BCUT2D eigenvalue weighted by Crippen LogP contribution is 2.42. The first-order valence-corrected chi connectivity index (χ1v) is 10.5. The summed E-state index contributed by atoms with van der Waals surface area (Å²) in [4.78, 5) is 29.4. The van der Waals surface area contributed by atoms with Crippen molar-refractivity contribution < 1.29 is 34.0 Å². The lowest BCUT2D eigenvalue weighted by molar-refractivity contribution is -0.140. The van der Waals surface area contributed by atoms with E-state index in [-0.39, 0.29) is 29.4 Å². The largest absolute Gasteiger partial charge is 0.507 e. The molecule has 0 radical (unpaired) electrons. The van der Waals surface area contributed by atoms with Crippen LogP contribution in [0.15, 0.2) is 42.0 Å². The number of carbonyl (C=O) groups excluding carboxylic acids is 2. The number of aliphatic hydroxyl groups is 1. The summed E-state index contributed by atoms with van der Waals surface area (Å²) in [5.41, 5.74) is 0.825. The van der Waals surface area contributed by atoms with E-state index in [1.54, 1.807) is 30.3 Å². The van der Waals surface area contributed by atoms with Crippen LogP contribution in [0.3, 0.4) is 0 Å². The van der Waals surface area contributed by atoms with Crippen molar-refractivity contribution >= 4 is 17.4 Å². The van der Waals surface area contributed by atoms with Crippen molar-refractivity contribution in [1.82, 2.24) is 9.80 Å². The van der Waals surface area contributed by atoms with Crippen LogP contribution in [0.4, 0.5) is 0 Å². The number of amides is 1. The summed E-state index contributed by atoms with van der Waals surface area (Å²) in [5, 5.41) is 21.2. The molecule has 2 heterocycles. The predicted molar refractivity (Wildman–Crippen MR) is 120 cm³/mol. The molecule has 1 unspecified atom stereocenters. The van der Waals surface area contributed by atoms with E-state index in [2.05, 4.69) is 0 Å². The number of aliphatic hydroxyl groups excluding tert-OH is 1. The lowest BCUT2D eigenvalue weighted by Crippen LogP contribution is -2.35. The van der Waals surface area contributed by atoms with Crippen LogP contribution in [0.2, 0.25) is 0 Å². The predicted octanol–water partition coefficient (Wildman–Crippen LogP) is 2.16. The molecule has 2 aliphatic heterocycles. The number of rotatable bonds is 6.